The summed E-state index contributed by atoms with van der Waals surface area (Å²) in [7, 11) is 0. The zero-order valence-electron chi connectivity index (χ0n) is 14.8. The lowest BCUT2D eigenvalue weighted by atomic mass is 9.85. The molecule has 130 valence electrons. The van der Waals surface area contributed by atoms with E-state index < -0.39 is 0 Å². The van der Waals surface area contributed by atoms with Crippen molar-refractivity contribution < 1.29 is 9.21 Å². The lowest BCUT2D eigenvalue weighted by Crippen LogP contribution is -2.35. The van der Waals surface area contributed by atoms with E-state index in [1.807, 2.05) is 6.26 Å². The molecule has 1 fully saturated rings. The number of furan rings is 1. The summed E-state index contributed by atoms with van der Waals surface area (Å²) in [6.07, 6.45) is 12.3. The second kappa shape index (κ2) is 8.36. The molecule has 3 nitrogen and oxygen atoms in total. The standard InChI is InChI=1S/C21H29NO2/c1-2-3-4-5-7-16-10-11-20-19(14-16)18(15-24-20)12-13-22-21(23)17-8-6-9-17/h10-11,14-15,17H,2-9,12-13H2,1H3,(H,22,23). The largest absolute Gasteiger partial charge is 0.464 e. The molecule has 0 saturated heterocycles. The summed E-state index contributed by atoms with van der Waals surface area (Å²) in [6.45, 7) is 2.94. The Morgan fingerprint density at radius 2 is 2.08 bits per heavy atom. The number of hydrogen-bond acceptors (Lipinski definition) is 2. The minimum atomic E-state index is 0.227. The van der Waals surface area contributed by atoms with Gasteiger partial charge in [0.15, 0.2) is 0 Å². The first-order valence-corrected chi connectivity index (χ1v) is 9.54. The van der Waals surface area contributed by atoms with Crippen LogP contribution in [0.2, 0.25) is 0 Å². The Bertz CT molecular complexity index is 670. The maximum atomic E-state index is 11.9. The number of amides is 1. The molecular formula is C21H29NO2. The molecule has 24 heavy (non-hydrogen) atoms. The highest BCUT2D eigenvalue weighted by molar-refractivity contribution is 5.82. The van der Waals surface area contributed by atoms with Gasteiger partial charge >= 0.3 is 0 Å². The molecule has 0 bridgehead atoms. The fourth-order valence-electron chi connectivity index (χ4n) is 3.37. The van der Waals surface area contributed by atoms with Crippen LogP contribution in [-0.2, 0) is 17.6 Å². The van der Waals surface area contributed by atoms with E-state index in [0.717, 1.165) is 31.3 Å². The van der Waals surface area contributed by atoms with Gasteiger partial charge in [0.05, 0.1) is 6.26 Å². The average Bonchev–Trinajstić information content (AvgIpc) is 2.92. The Morgan fingerprint density at radius 1 is 1.21 bits per heavy atom. The van der Waals surface area contributed by atoms with Crippen LogP contribution in [0.4, 0.5) is 0 Å². The molecule has 1 aromatic carbocycles. The molecule has 0 spiro atoms. The first-order valence-electron chi connectivity index (χ1n) is 9.54. The summed E-state index contributed by atoms with van der Waals surface area (Å²) in [5.41, 5.74) is 3.54. The van der Waals surface area contributed by atoms with Crippen LogP contribution in [0.1, 0.15) is 63.0 Å². The molecule has 1 aliphatic carbocycles. The fraction of sp³-hybridized carbons (Fsp3) is 0.571. The maximum absolute atomic E-state index is 11.9. The van der Waals surface area contributed by atoms with Crippen molar-refractivity contribution in [3.63, 3.8) is 0 Å². The number of rotatable bonds is 9. The van der Waals surface area contributed by atoms with Crippen molar-refractivity contribution >= 4 is 16.9 Å². The summed E-state index contributed by atoms with van der Waals surface area (Å²) in [5.74, 6) is 0.492. The summed E-state index contributed by atoms with van der Waals surface area (Å²) in [6, 6.07) is 6.54. The number of carbonyl (C=O) groups is 1. The van der Waals surface area contributed by atoms with E-state index in [9.17, 15) is 4.79 Å². The molecule has 0 unspecified atom stereocenters. The molecule has 1 aromatic heterocycles. The van der Waals surface area contributed by atoms with Crippen LogP contribution in [-0.4, -0.2) is 12.5 Å². The second-order valence-electron chi connectivity index (χ2n) is 7.07. The summed E-state index contributed by atoms with van der Waals surface area (Å²) in [4.78, 5) is 11.9. The van der Waals surface area contributed by atoms with Gasteiger partial charge in [-0.05, 0) is 55.4 Å². The van der Waals surface area contributed by atoms with Crippen molar-refractivity contribution in [2.45, 2.75) is 64.7 Å². The van der Waals surface area contributed by atoms with Gasteiger partial charge in [-0.2, -0.15) is 0 Å². The van der Waals surface area contributed by atoms with Gasteiger partial charge in [-0.3, -0.25) is 4.79 Å². The Kier molecular flexibility index (Phi) is 5.95. The smallest absolute Gasteiger partial charge is 0.223 e. The van der Waals surface area contributed by atoms with Crippen molar-refractivity contribution in [1.82, 2.24) is 5.32 Å². The first-order chi connectivity index (χ1) is 11.8. The molecule has 1 heterocycles. The van der Waals surface area contributed by atoms with Gasteiger partial charge in [-0.1, -0.05) is 38.7 Å². The van der Waals surface area contributed by atoms with E-state index in [2.05, 4.69) is 30.4 Å². The van der Waals surface area contributed by atoms with Crippen molar-refractivity contribution in [2.24, 2.45) is 5.92 Å². The van der Waals surface area contributed by atoms with E-state index in [-0.39, 0.29) is 11.8 Å². The first kappa shape index (κ1) is 17.1. The van der Waals surface area contributed by atoms with Gasteiger partial charge in [-0.25, -0.2) is 0 Å². The number of carbonyl (C=O) groups excluding carboxylic acids is 1. The summed E-state index contributed by atoms with van der Waals surface area (Å²) in [5, 5.41) is 4.28. The quantitative estimate of drug-likeness (QED) is 0.657. The van der Waals surface area contributed by atoms with Crippen molar-refractivity contribution in [3.05, 3.63) is 35.6 Å². The molecule has 0 aliphatic heterocycles. The van der Waals surface area contributed by atoms with Crippen LogP contribution in [0, 0.1) is 5.92 Å². The van der Waals surface area contributed by atoms with E-state index >= 15 is 0 Å². The predicted octanol–water partition coefficient (Wildman–Crippen LogP) is 5.01. The van der Waals surface area contributed by atoms with Crippen LogP contribution in [0.5, 0.6) is 0 Å². The highest BCUT2D eigenvalue weighted by atomic mass is 16.3. The van der Waals surface area contributed by atoms with Crippen molar-refractivity contribution in [2.75, 3.05) is 6.54 Å². The second-order valence-corrected chi connectivity index (χ2v) is 7.07. The third-order valence-corrected chi connectivity index (χ3v) is 5.21. The molecule has 1 N–H and O–H groups in total. The molecule has 2 aromatic rings. The third-order valence-electron chi connectivity index (χ3n) is 5.21. The number of nitrogens with one attached hydrogen (secondary N) is 1. The summed E-state index contributed by atoms with van der Waals surface area (Å²) < 4.78 is 5.67. The topological polar surface area (TPSA) is 42.2 Å². The highest BCUT2D eigenvalue weighted by Crippen LogP contribution is 2.26. The lowest BCUT2D eigenvalue weighted by Gasteiger charge is -2.23. The van der Waals surface area contributed by atoms with Gasteiger partial charge in [0, 0.05) is 17.8 Å². The van der Waals surface area contributed by atoms with Crippen molar-refractivity contribution in [1.29, 1.82) is 0 Å². The molecule has 1 saturated carbocycles. The lowest BCUT2D eigenvalue weighted by molar-refractivity contribution is -0.127. The predicted molar refractivity (Wildman–Crippen MR) is 98.1 cm³/mol. The van der Waals surface area contributed by atoms with Gasteiger partial charge in [0.2, 0.25) is 5.91 Å². The van der Waals surface area contributed by atoms with Crippen LogP contribution in [0.3, 0.4) is 0 Å². The Hall–Kier alpha value is -1.77. The van der Waals surface area contributed by atoms with Crippen LogP contribution in [0.15, 0.2) is 28.9 Å². The van der Waals surface area contributed by atoms with E-state index in [4.69, 9.17) is 4.42 Å². The normalized spacial score (nSPS) is 14.7. The molecule has 3 rings (SSSR count). The Balaban J connectivity index is 1.55. The molecular weight excluding hydrogens is 298 g/mol. The molecule has 0 radical (unpaired) electrons. The fourth-order valence-corrected chi connectivity index (χ4v) is 3.37. The van der Waals surface area contributed by atoms with Gasteiger partial charge < -0.3 is 9.73 Å². The molecule has 3 heteroatoms. The maximum Gasteiger partial charge on any atom is 0.223 e. The van der Waals surface area contributed by atoms with Crippen molar-refractivity contribution in [3.8, 4) is 0 Å². The molecule has 1 amide bonds. The minimum absolute atomic E-state index is 0.227. The van der Waals surface area contributed by atoms with Crippen LogP contribution in [0.25, 0.3) is 11.0 Å². The number of fused-ring (bicyclic) bond motifs is 1. The van der Waals surface area contributed by atoms with Gasteiger partial charge in [0.25, 0.3) is 0 Å². The van der Waals surface area contributed by atoms with E-state index in [0.29, 0.717) is 6.54 Å². The number of unbranched alkanes of at least 4 members (excludes halogenated alkanes) is 3. The van der Waals surface area contributed by atoms with Crippen LogP contribution >= 0.6 is 0 Å². The zero-order valence-corrected chi connectivity index (χ0v) is 14.8. The third kappa shape index (κ3) is 4.19. The van der Waals surface area contributed by atoms with Gasteiger partial charge in [0.1, 0.15) is 5.58 Å². The zero-order chi connectivity index (χ0) is 16.8. The minimum Gasteiger partial charge on any atom is -0.464 e. The summed E-state index contributed by atoms with van der Waals surface area (Å²) >= 11 is 0. The monoisotopic (exact) mass is 327 g/mol. The van der Waals surface area contributed by atoms with E-state index in [1.165, 1.54) is 48.6 Å². The average molecular weight is 327 g/mol. The SMILES string of the molecule is CCCCCCc1ccc2occ(CCNC(=O)C3CCC3)c2c1. The molecule has 1 aliphatic rings. The Labute approximate surface area is 144 Å². The molecule has 0 atom stereocenters. The van der Waals surface area contributed by atoms with Gasteiger partial charge in [-0.15, -0.1) is 0 Å². The number of benzene rings is 1. The number of hydrogen-bond donors (Lipinski definition) is 1. The number of aryl methyl sites for hydroxylation is 1. The highest BCUT2D eigenvalue weighted by Gasteiger charge is 2.24. The van der Waals surface area contributed by atoms with E-state index in [1.54, 1.807) is 0 Å². The Morgan fingerprint density at radius 3 is 2.83 bits per heavy atom. The van der Waals surface area contributed by atoms with Crippen LogP contribution < -0.4 is 5.32 Å².